The predicted octanol–water partition coefficient (Wildman–Crippen LogP) is 2.82. The second-order valence-corrected chi connectivity index (χ2v) is 6.36. The number of hydrogen-bond donors (Lipinski definition) is 2. The Hall–Kier alpha value is -2.20. The second kappa shape index (κ2) is 10.1. The number of nitrogens with one attached hydrogen (secondary N) is 2. The summed E-state index contributed by atoms with van der Waals surface area (Å²) in [5.41, 5.74) is 0.764. The molecule has 0 aliphatic rings. The van der Waals surface area contributed by atoms with Crippen LogP contribution >= 0.6 is 22.6 Å². The molecule has 0 spiro atoms. The average Bonchev–Trinajstić information content (AvgIpc) is 2.62. The maximum Gasteiger partial charge on any atom is 0.252 e. The largest absolute Gasteiger partial charge is 0.488 e. The first-order chi connectivity index (χ1) is 12.5. The Balaban J connectivity index is 1.86. The number of halogens is 2. The Kier molecular flexibility index (Phi) is 7.79. The standard InChI is InChI=1S/C18H18FIN2O4/c1-25-8-9-26-16-7-6-12(10-14(16)19)22-17(23)11-21-18(24)13-4-2-3-5-15(13)20/h2-7,10H,8-9,11H2,1H3,(H,21,24)(H,22,23). The van der Waals surface area contributed by atoms with Crippen LogP contribution in [0.3, 0.4) is 0 Å². The zero-order chi connectivity index (χ0) is 18.9. The van der Waals surface area contributed by atoms with Crippen molar-refractivity contribution in [1.82, 2.24) is 5.32 Å². The molecule has 0 aliphatic heterocycles. The van der Waals surface area contributed by atoms with E-state index in [0.29, 0.717) is 12.2 Å². The highest BCUT2D eigenvalue weighted by atomic mass is 127. The highest BCUT2D eigenvalue weighted by Gasteiger charge is 2.12. The number of rotatable bonds is 8. The molecule has 0 radical (unpaired) electrons. The van der Waals surface area contributed by atoms with Gasteiger partial charge in [0.05, 0.1) is 18.7 Å². The molecule has 0 saturated heterocycles. The molecule has 0 aliphatic carbocycles. The van der Waals surface area contributed by atoms with E-state index in [1.165, 1.54) is 19.2 Å². The van der Waals surface area contributed by atoms with E-state index in [1.54, 1.807) is 18.2 Å². The van der Waals surface area contributed by atoms with Crippen molar-refractivity contribution in [2.45, 2.75) is 0 Å². The van der Waals surface area contributed by atoms with Crippen LogP contribution in [-0.4, -0.2) is 38.7 Å². The van der Waals surface area contributed by atoms with Crippen molar-refractivity contribution in [2.24, 2.45) is 0 Å². The molecule has 2 aromatic rings. The fourth-order valence-electron chi connectivity index (χ4n) is 2.04. The van der Waals surface area contributed by atoms with Gasteiger partial charge in [0, 0.05) is 22.4 Å². The van der Waals surface area contributed by atoms with E-state index in [1.807, 2.05) is 28.7 Å². The molecule has 8 heteroatoms. The molecule has 2 rings (SSSR count). The third-order valence-electron chi connectivity index (χ3n) is 3.29. The summed E-state index contributed by atoms with van der Waals surface area (Å²) in [6.07, 6.45) is 0. The molecule has 26 heavy (non-hydrogen) atoms. The molecular formula is C18H18FIN2O4. The molecule has 138 valence electrons. The maximum atomic E-state index is 13.9. The molecule has 2 amide bonds. The summed E-state index contributed by atoms with van der Waals surface area (Å²) in [4.78, 5) is 24.0. The number of methoxy groups -OCH3 is 1. The molecule has 0 unspecified atom stereocenters. The van der Waals surface area contributed by atoms with Crippen LogP contribution in [0, 0.1) is 9.39 Å². The zero-order valence-corrected chi connectivity index (χ0v) is 16.2. The van der Waals surface area contributed by atoms with Crippen molar-refractivity contribution < 1.29 is 23.5 Å². The topological polar surface area (TPSA) is 76.7 Å². The lowest BCUT2D eigenvalue weighted by Gasteiger charge is -2.10. The van der Waals surface area contributed by atoms with Crippen molar-refractivity contribution in [3.8, 4) is 5.75 Å². The van der Waals surface area contributed by atoms with Crippen LogP contribution in [0.25, 0.3) is 0 Å². The Labute approximate surface area is 164 Å². The fraction of sp³-hybridized carbons (Fsp3) is 0.222. The Morgan fingerprint density at radius 1 is 1.15 bits per heavy atom. The summed E-state index contributed by atoms with van der Waals surface area (Å²) in [6.45, 7) is 0.346. The summed E-state index contributed by atoms with van der Waals surface area (Å²) in [7, 11) is 1.52. The van der Waals surface area contributed by atoms with E-state index in [2.05, 4.69) is 10.6 Å². The maximum absolute atomic E-state index is 13.9. The van der Waals surface area contributed by atoms with Crippen molar-refractivity contribution >= 4 is 40.1 Å². The first-order valence-electron chi connectivity index (χ1n) is 7.75. The monoisotopic (exact) mass is 472 g/mol. The first-order valence-corrected chi connectivity index (χ1v) is 8.83. The van der Waals surface area contributed by atoms with Gasteiger partial charge in [-0.3, -0.25) is 9.59 Å². The van der Waals surface area contributed by atoms with E-state index in [4.69, 9.17) is 9.47 Å². The molecular weight excluding hydrogens is 454 g/mol. The molecule has 2 aromatic carbocycles. The van der Waals surface area contributed by atoms with Crippen LogP contribution < -0.4 is 15.4 Å². The van der Waals surface area contributed by atoms with Gasteiger partial charge in [0.1, 0.15) is 6.61 Å². The van der Waals surface area contributed by atoms with Crippen LogP contribution in [0.2, 0.25) is 0 Å². The number of anilines is 1. The number of carbonyl (C=O) groups excluding carboxylic acids is 2. The van der Waals surface area contributed by atoms with Crippen LogP contribution in [0.1, 0.15) is 10.4 Å². The number of hydrogen-bond acceptors (Lipinski definition) is 4. The fourth-order valence-corrected chi connectivity index (χ4v) is 2.67. The zero-order valence-electron chi connectivity index (χ0n) is 14.1. The van der Waals surface area contributed by atoms with Crippen molar-refractivity contribution in [3.05, 3.63) is 57.4 Å². The Bertz CT molecular complexity index is 786. The van der Waals surface area contributed by atoms with Gasteiger partial charge >= 0.3 is 0 Å². The average molecular weight is 472 g/mol. The summed E-state index contributed by atoms with van der Waals surface area (Å²) >= 11 is 2.05. The van der Waals surface area contributed by atoms with E-state index < -0.39 is 11.7 Å². The lowest BCUT2D eigenvalue weighted by molar-refractivity contribution is -0.115. The first kappa shape index (κ1) is 20.1. The molecule has 0 bridgehead atoms. The molecule has 0 aromatic heterocycles. The molecule has 2 N–H and O–H groups in total. The number of ether oxygens (including phenoxy) is 2. The van der Waals surface area contributed by atoms with Gasteiger partial charge in [-0.05, 0) is 46.9 Å². The molecule has 0 saturated carbocycles. The minimum Gasteiger partial charge on any atom is -0.488 e. The van der Waals surface area contributed by atoms with Crippen LogP contribution in [-0.2, 0) is 9.53 Å². The van der Waals surface area contributed by atoms with Crippen molar-refractivity contribution in [2.75, 3.05) is 32.2 Å². The molecule has 0 heterocycles. The van der Waals surface area contributed by atoms with Gasteiger partial charge in [0.15, 0.2) is 11.6 Å². The Morgan fingerprint density at radius 2 is 1.92 bits per heavy atom. The number of benzene rings is 2. The van der Waals surface area contributed by atoms with Gasteiger partial charge in [-0.1, -0.05) is 12.1 Å². The number of carbonyl (C=O) groups is 2. The van der Waals surface area contributed by atoms with Gasteiger partial charge < -0.3 is 20.1 Å². The van der Waals surface area contributed by atoms with Crippen molar-refractivity contribution in [1.29, 1.82) is 0 Å². The van der Waals surface area contributed by atoms with Crippen LogP contribution in [0.4, 0.5) is 10.1 Å². The van der Waals surface area contributed by atoms with E-state index >= 15 is 0 Å². The highest BCUT2D eigenvalue weighted by Crippen LogP contribution is 2.21. The van der Waals surface area contributed by atoms with Crippen LogP contribution in [0.5, 0.6) is 5.75 Å². The SMILES string of the molecule is COCCOc1ccc(NC(=O)CNC(=O)c2ccccc2I)cc1F. The smallest absolute Gasteiger partial charge is 0.252 e. The molecule has 0 atom stereocenters. The molecule has 0 fully saturated rings. The van der Waals surface area contributed by atoms with Crippen LogP contribution in [0.15, 0.2) is 42.5 Å². The summed E-state index contributed by atoms with van der Waals surface area (Å²) in [5.74, 6) is -1.33. The third kappa shape index (κ3) is 5.95. The lowest BCUT2D eigenvalue weighted by atomic mass is 10.2. The lowest BCUT2D eigenvalue weighted by Crippen LogP contribution is -2.33. The third-order valence-corrected chi connectivity index (χ3v) is 4.23. The highest BCUT2D eigenvalue weighted by molar-refractivity contribution is 14.1. The van der Waals surface area contributed by atoms with Gasteiger partial charge in [-0.2, -0.15) is 0 Å². The summed E-state index contributed by atoms with van der Waals surface area (Å²) < 4.78 is 24.7. The molecule has 6 nitrogen and oxygen atoms in total. The second-order valence-electron chi connectivity index (χ2n) is 5.20. The minimum atomic E-state index is -0.596. The number of amides is 2. The van der Waals surface area contributed by atoms with E-state index in [0.717, 1.165) is 9.64 Å². The predicted molar refractivity (Wildman–Crippen MR) is 104 cm³/mol. The van der Waals surface area contributed by atoms with Gasteiger partial charge in [0.2, 0.25) is 5.91 Å². The normalized spacial score (nSPS) is 10.3. The van der Waals surface area contributed by atoms with Gasteiger partial charge in [0.25, 0.3) is 5.91 Å². The summed E-state index contributed by atoms with van der Waals surface area (Å²) in [6, 6.07) is 11.1. The van der Waals surface area contributed by atoms with Gasteiger partial charge in [-0.15, -0.1) is 0 Å². The Morgan fingerprint density at radius 3 is 2.62 bits per heavy atom. The van der Waals surface area contributed by atoms with Gasteiger partial charge in [-0.25, -0.2) is 4.39 Å². The summed E-state index contributed by atoms with van der Waals surface area (Å²) in [5, 5.41) is 5.05. The van der Waals surface area contributed by atoms with E-state index in [9.17, 15) is 14.0 Å². The van der Waals surface area contributed by atoms with E-state index in [-0.39, 0.29) is 30.5 Å². The minimum absolute atomic E-state index is 0.0759. The van der Waals surface area contributed by atoms with Crippen molar-refractivity contribution in [3.63, 3.8) is 0 Å². The quantitative estimate of drug-likeness (QED) is 0.458.